The fraction of sp³-hybridized carbons (Fsp3) is 0.632. The van der Waals surface area contributed by atoms with Crippen LogP contribution in [0, 0.1) is 12.7 Å². The number of piperazine rings is 1. The molecule has 1 fully saturated rings. The van der Waals surface area contributed by atoms with Gasteiger partial charge in [-0.3, -0.25) is 4.90 Å². The predicted molar refractivity (Wildman–Crippen MR) is 97.7 cm³/mol. The molecule has 1 saturated heterocycles. The van der Waals surface area contributed by atoms with Gasteiger partial charge < -0.3 is 9.64 Å². The predicted octanol–water partition coefficient (Wildman–Crippen LogP) is 4.46. The molecule has 1 heterocycles. The van der Waals surface area contributed by atoms with Crippen molar-refractivity contribution in [2.45, 2.75) is 47.6 Å². The van der Waals surface area contributed by atoms with Gasteiger partial charge >= 0.3 is 6.09 Å². The van der Waals surface area contributed by atoms with Crippen LogP contribution in [0.3, 0.4) is 0 Å². The first-order chi connectivity index (χ1) is 11.5. The number of nitrogens with zero attached hydrogens (tertiary/aromatic N) is 2. The number of hydrogen-bond donors (Lipinski definition) is 0. The summed E-state index contributed by atoms with van der Waals surface area (Å²) in [4.78, 5) is 15.2. The number of methoxy groups -OCH3 is 1. The molecule has 5 heteroatoms. The highest BCUT2D eigenvalue weighted by Gasteiger charge is 2.22. The Hall–Kier alpha value is -1.62. The van der Waals surface area contributed by atoms with Crippen molar-refractivity contribution in [3.63, 3.8) is 0 Å². The zero-order valence-corrected chi connectivity index (χ0v) is 16.1. The molecule has 0 unspecified atom stereocenters. The maximum Gasteiger partial charge on any atom is 0.409 e. The summed E-state index contributed by atoms with van der Waals surface area (Å²) in [5, 5.41) is 0. The van der Waals surface area contributed by atoms with Crippen LogP contribution in [0.5, 0.6) is 0 Å². The van der Waals surface area contributed by atoms with Gasteiger partial charge in [0.05, 0.1) is 7.11 Å². The van der Waals surface area contributed by atoms with E-state index in [4.69, 9.17) is 0 Å². The Morgan fingerprint density at radius 1 is 1.17 bits per heavy atom. The van der Waals surface area contributed by atoms with Gasteiger partial charge in [-0.15, -0.1) is 0 Å². The van der Waals surface area contributed by atoms with Gasteiger partial charge in [-0.05, 0) is 12.5 Å². The summed E-state index contributed by atoms with van der Waals surface area (Å²) in [6.45, 7) is 13.3. The van der Waals surface area contributed by atoms with E-state index in [1.165, 1.54) is 13.5 Å². The molecule has 0 bridgehead atoms. The van der Waals surface area contributed by atoms with Crippen molar-refractivity contribution in [2.24, 2.45) is 0 Å². The van der Waals surface area contributed by atoms with Crippen LogP contribution in [0.1, 0.15) is 45.2 Å². The molecular formula is C19H33FN2O2. The minimum Gasteiger partial charge on any atom is -0.453 e. The molecule has 1 amide bonds. The van der Waals surface area contributed by atoms with Crippen LogP contribution < -0.4 is 0 Å². The molecule has 0 saturated carbocycles. The number of halogens is 1. The molecule has 24 heavy (non-hydrogen) atoms. The summed E-state index contributed by atoms with van der Waals surface area (Å²) in [5.41, 5.74) is 1.39. The van der Waals surface area contributed by atoms with Gasteiger partial charge in [0.1, 0.15) is 5.82 Å². The molecule has 2 rings (SSSR count). The van der Waals surface area contributed by atoms with Gasteiger partial charge in [-0.1, -0.05) is 52.3 Å². The third-order valence-corrected chi connectivity index (χ3v) is 3.47. The molecule has 0 spiro atoms. The van der Waals surface area contributed by atoms with Crippen molar-refractivity contribution in [3.8, 4) is 0 Å². The van der Waals surface area contributed by atoms with Gasteiger partial charge in [0.2, 0.25) is 0 Å². The summed E-state index contributed by atoms with van der Waals surface area (Å²) in [5.74, 6) is -0.127. The molecule has 0 atom stereocenters. The topological polar surface area (TPSA) is 32.8 Å². The largest absolute Gasteiger partial charge is 0.453 e. The quantitative estimate of drug-likeness (QED) is 0.797. The summed E-state index contributed by atoms with van der Waals surface area (Å²) in [6.07, 6.45) is 0.960. The summed E-state index contributed by atoms with van der Waals surface area (Å²) >= 11 is 0. The molecule has 1 aliphatic rings. The van der Waals surface area contributed by atoms with E-state index in [0.717, 1.165) is 13.1 Å². The Kier molecular flexibility index (Phi) is 11.9. The molecule has 4 nitrogen and oxygen atoms in total. The van der Waals surface area contributed by atoms with E-state index in [9.17, 15) is 9.18 Å². The van der Waals surface area contributed by atoms with E-state index in [-0.39, 0.29) is 11.9 Å². The second kappa shape index (κ2) is 12.8. The number of benzene rings is 1. The van der Waals surface area contributed by atoms with E-state index in [1.807, 2.05) is 26.0 Å². The van der Waals surface area contributed by atoms with Crippen molar-refractivity contribution in [1.82, 2.24) is 9.80 Å². The maximum atomic E-state index is 13.9. The van der Waals surface area contributed by atoms with Gasteiger partial charge in [-0.25, -0.2) is 9.18 Å². The van der Waals surface area contributed by atoms with Crippen LogP contribution in [0.25, 0.3) is 0 Å². The van der Waals surface area contributed by atoms with E-state index in [2.05, 4.69) is 23.5 Å². The molecular weight excluding hydrogens is 307 g/mol. The Balaban J connectivity index is 0.000000952. The van der Waals surface area contributed by atoms with Gasteiger partial charge in [-0.2, -0.15) is 0 Å². The summed E-state index contributed by atoms with van der Waals surface area (Å²) < 4.78 is 18.6. The monoisotopic (exact) mass is 340 g/mol. The first kappa shape index (κ1) is 22.4. The number of rotatable bonds is 2. The molecule has 0 N–H and O–H groups in total. The van der Waals surface area contributed by atoms with Crippen LogP contribution in [-0.2, 0) is 11.3 Å². The van der Waals surface area contributed by atoms with E-state index in [1.54, 1.807) is 17.9 Å². The maximum absolute atomic E-state index is 13.9. The van der Waals surface area contributed by atoms with Crippen molar-refractivity contribution < 1.29 is 13.9 Å². The van der Waals surface area contributed by atoms with Gasteiger partial charge in [0, 0.05) is 38.3 Å². The lowest BCUT2D eigenvalue weighted by Gasteiger charge is -2.33. The Morgan fingerprint density at radius 3 is 2.21 bits per heavy atom. The lowest BCUT2D eigenvalue weighted by atomic mass is 10.1. The number of hydrogen-bond acceptors (Lipinski definition) is 3. The highest BCUT2D eigenvalue weighted by Crippen LogP contribution is 2.15. The van der Waals surface area contributed by atoms with E-state index in [0.29, 0.717) is 30.8 Å². The number of carbonyl (C=O) groups excluding carboxylic acids is 1. The third-order valence-electron chi connectivity index (χ3n) is 3.47. The Labute approximate surface area is 146 Å². The lowest BCUT2D eigenvalue weighted by molar-refractivity contribution is 0.0885. The van der Waals surface area contributed by atoms with E-state index < -0.39 is 0 Å². The highest BCUT2D eigenvalue weighted by molar-refractivity contribution is 5.67. The number of carbonyl (C=O) groups is 1. The standard InChI is InChI=1S/C14H19FN2O2.C3H8.C2H6/c1-11-4-3-5-12(13(11)15)10-16-6-8-17(9-7-16)14(18)19-2;1-3-2;1-2/h3-5H,6-10H2,1-2H3;3H2,1-2H3;1-2H3. The molecule has 1 aromatic rings. The molecule has 0 aromatic heterocycles. The smallest absolute Gasteiger partial charge is 0.409 e. The van der Waals surface area contributed by atoms with Crippen LogP contribution >= 0.6 is 0 Å². The first-order valence-corrected chi connectivity index (χ1v) is 8.82. The number of ether oxygens (including phenoxy) is 1. The highest BCUT2D eigenvalue weighted by atomic mass is 19.1. The van der Waals surface area contributed by atoms with Gasteiger partial charge in [0.25, 0.3) is 0 Å². The minimum atomic E-state index is -0.290. The van der Waals surface area contributed by atoms with Crippen LogP contribution in [0.2, 0.25) is 0 Å². The first-order valence-electron chi connectivity index (χ1n) is 8.82. The Bertz CT molecular complexity index is 472. The third kappa shape index (κ3) is 7.30. The Morgan fingerprint density at radius 2 is 1.71 bits per heavy atom. The van der Waals surface area contributed by atoms with E-state index >= 15 is 0 Å². The SMILES string of the molecule is CC.CCC.COC(=O)N1CCN(Cc2cccc(C)c2F)CC1. The summed E-state index contributed by atoms with van der Waals surface area (Å²) in [7, 11) is 1.39. The van der Waals surface area contributed by atoms with Gasteiger partial charge in [0.15, 0.2) is 0 Å². The second-order valence-corrected chi connectivity index (χ2v) is 5.49. The van der Waals surface area contributed by atoms with Crippen molar-refractivity contribution >= 4 is 6.09 Å². The summed E-state index contributed by atoms with van der Waals surface area (Å²) in [6, 6.07) is 5.46. The zero-order chi connectivity index (χ0) is 18.5. The average Bonchev–Trinajstić information content (AvgIpc) is 2.61. The fourth-order valence-electron chi connectivity index (χ4n) is 2.29. The fourth-order valence-corrected chi connectivity index (χ4v) is 2.29. The minimum absolute atomic E-state index is 0.127. The average molecular weight is 340 g/mol. The normalized spacial score (nSPS) is 14.0. The van der Waals surface area contributed by atoms with Crippen LogP contribution in [0.4, 0.5) is 9.18 Å². The van der Waals surface area contributed by atoms with Crippen molar-refractivity contribution in [3.05, 3.63) is 35.1 Å². The zero-order valence-electron chi connectivity index (χ0n) is 16.1. The second-order valence-electron chi connectivity index (χ2n) is 5.49. The molecule has 0 radical (unpaired) electrons. The van der Waals surface area contributed by atoms with Crippen LogP contribution in [-0.4, -0.2) is 49.2 Å². The molecule has 138 valence electrons. The molecule has 1 aromatic carbocycles. The van der Waals surface area contributed by atoms with Crippen LogP contribution in [0.15, 0.2) is 18.2 Å². The van der Waals surface area contributed by atoms with Crippen molar-refractivity contribution in [1.29, 1.82) is 0 Å². The molecule has 1 aliphatic heterocycles. The number of amides is 1. The number of aryl methyl sites for hydroxylation is 1. The van der Waals surface area contributed by atoms with Crippen molar-refractivity contribution in [2.75, 3.05) is 33.3 Å². The lowest BCUT2D eigenvalue weighted by Crippen LogP contribution is -2.48. The molecule has 0 aliphatic carbocycles.